The van der Waals surface area contributed by atoms with Crippen molar-refractivity contribution in [1.29, 1.82) is 0 Å². The Morgan fingerprint density at radius 3 is 1.55 bits per heavy atom. The van der Waals surface area contributed by atoms with Crippen molar-refractivity contribution in [1.82, 2.24) is 9.80 Å². The highest BCUT2D eigenvalue weighted by molar-refractivity contribution is 5.80. The minimum atomic E-state index is -0.0786. The van der Waals surface area contributed by atoms with Crippen LogP contribution < -0.4 is 9.47 Å². The highest BCUT2D eigenvalue weighted by Crippen LogP contribution is 2.22. The van der Waals surface area contributed by atoms with Gasteiger partial charge in [0.1, 0.15) is 11.5 Å². The van der Waals surface area contributed by atoms with Crippen LogP contribution in [0.25, 0.3) is 11.1 Å². The van der Waals surface area contributed by atoms with Crippen molar-refractivity contribution in [3.63, 3.8) is 0 Å². The Morgan fingerprint density at radius 1 is 0.636 bits per heavy atom. The van der Waals surface area contributed by atoms with Gasteiger partial charge in [-0.3, -0.25) is 9.59 Å². The maximum Gasteiger partial charge on any atom is 0.260 e. The zero-order chi connectivity index (χ0) is 23.0. The van der Waals surface area contributed by atoms with E-state index in [4.69, 9.17) is 9.47 Å². The van der Waals surface area contributed by atoms with Gasteiger partial charge in [0.05, 0.1) is 0 Å². The van der Waals surface area contributed by atoms with E-state index in [1.54, 1.807) is 9.80 Å². The minimum absolute atomic E-state index is 0.000898. The first-order chi connectivity index (χ1) is 16.1. The van der Waals surface area contributed by atoms with E-state index < -0.39 is 0 Å². The van der Waals surface area contributed by atoms with Crippen LogP contribution >= 0.6 is 0 Å². The van der Waals surface area contributed by atoms with Crippen molar-refractivity contribution in [3.05, 3.63) is 84.4 Å². The molecule has 0 bridgehead atoms. The summed E-state index contributed by atoms with van der Waals surface area (Å²) in [5.41, 5.74) is 3.38. The van der Waals surface area contributed by atoms with Crippen LogP contribution in [-0.4, -0.2) is 61.0 Å². The van der Waals surface area contributed by atoms with E-state index in [1.807, 2.05) is 73.7 Å². The third-order valence-electron chi connectivity index (χ3n) is 5.69. The molecule has 1 aliphatic rings. The van der Waals surface area contributed by atoms with Crippen molar-refractivity contribution in [2.45, 2.75) is 6.92 Å². The molecule has 0 unspecified atom stereocenters. The lowest BCUT2D eigenvalue weighted by Gasteiger charge is -2.34. The highest BCUT2D eigenvalue weighted by atomic mass is 16.5. The van der Waals surface area contributed by atoms with Gasteiger partial charge in [0, 0.05) is 26.2 Å². The summed E-state index contributed by atoms with van der Waals surface area (Å²) in [5, 5.41) is 0. The predicted molar refractivity (Wildman–Crippen MR) is 127 cm³/mol. The Bertz CT molecular complexity index is 1060. The fraction of sp³-hybridized carbons (Fsp3) is 0.259. The maximum absolute atomic E-state index is 12.5. The van der Waals surface area contributed by atoms with Gasteiger partial charge in [-0.1, -0.05) is 60.2 Å². The molecule has 0 aromatic heterocycles. The Balaban J connectivity index is 1.19. The molecule has 6 heteroatoms. The maximum atomic E-state index is 12.5. The number of nitrogens with zero attached hydrogens (tertiary/aromatic N) is 2. The summed E-state index contributed by atoms with van der Waals surface area (Å²) in [7, 11) is 0. The van der Waals surface area contributed by atoms with E-state index in [1.165, 1.54) is 0 Å². The van der Waals surface area contributed by atoms with Gasteiger partial charge in [-0.15, -0.1) is 0 Å². The standard InChI is InChI=1S/C27H28N2O4/c1-21-7-11-24(12-8-21)32-19-26(30)28-15-17-29(18-16-28)27(31)20-33-25-13-9-23(10-14-25)22-5-3-2-4-6-22/h2-14H,15-20H2,1H3. The third-order valence-corrected chi connectivity index (χ3v) is 5.69. The number of hydrogen-bond donors (Lipinski definition) is 0. The zero-order valence-corrected chi connectivity index (χ0v) is 18.8. The first-order valence-electron chi connectivity index (χ1n) is 11.1. The van der Waals surface area contributed by atoms with Gasteiger partial charge in [0.15, 0.2) is 13.2 Å². The van der Waals surface area contributed by atoms with Crippen molar-refractivity contribution in [3.8, 4) is 22.6 Å². The average molecular weight is 445 g/mol. The minimum Gasteiger partial charge on any atom is -0.484 e. The monoisotopic (exact) mass is 444 g/mol. The summed E-state index contributed by atoms with van der Waals surface area (Å²) in [5.74, 6) is 1.18. The van der Waals surface area contributed by atoms with Crippen molar-refractivity contribution in [2.24, 2.45) is 0 Å². The molecule has 3 aromatic carbocycles. The number of amides is 2. The van der Waals surface area contributed by atoms with Crippen LogP contribution in [-0.2, 0) is 9.59 Å². The number of carbonyl (C=O) groups excluding carboxylic acids is 2. The molecule has 4 rings (SSSR count). The van der Waals surface area contributed by atoms with Crippen molar-refractivity contribution >= 4 is 11.8 Å². The van der Waals surface area contributed by atoms with Crippen molar-refractivity contribution in [2.75, 3.05) is 39.4 Å². The zero-order valence-electron chi connectivity index (χ0n) is 18.8. The second-order valence-corrected chi connectivity index (χ2v) is 8.04. The normalized spacial score (nSPS) is 13.5. The molecule has 3 aromatic rings. The first kappa shape index (κ1) is 22.4. The summed E-state index contributed by atoms with van der Waals surface area (Å²) in [6, 6.07) is 25.4. The lowest BCUT2D eigenvalue weighted by Crippen LogP contribution is -2.52. The molecule has 0 saturated carbocycles. The van der Waals surface area contributed by atoms with E-state index >= 15 is 0 Å². The van der Waals surface area contributed by atoms with Gasteiger partial charge in [-0.25, -0.2) is 0 Å². The van der Waals surface area contributed by atoms with Gasteiger partial charge in [-0.2, -0.15) is 0 Å². The summed E-state index contributed by atoms with van der Waals surface area (Å²) >= 11 is 0. The second-order valence-electron chi connectivity index (χ2n) is 8.04. The fourth-order valence-corrected chi connectivity index (χ4v) is 3.69. The topological polar surface area (TPSA) is 59.1 Å². The molecule has 2 amide bonds. The summed E-state index contributed by atoms with van der Waals surface area (Å²) in [6.07, 6.45) is 0. The van der Waals surface area contributed by atoms with E-state index in [0.29, 0.717) is 37.7 Å². The van der Waals surface area contributed by atoms with Gasteiger partial charge in [-0.05, 0) is 42.3 Å². The molecule has 0 atom stereocenters. The number of hydrogen-bond acceptors (Lipinski definition) is 4. The van der Waals surface area contributed by atoms with Crippen LogP contribution in [0.1, 0.15) is 5.56 Å². The van der Waals surface area contributed by atoms with Crippen LogP contribution in [0.4, 0.5) is 0 Å². The first-order valence-corrected chi connectivity index (χ1v) is 11.1. The highest BCUT2D eigenvalue weighted by Gasteiger charge is 2.24. The molecule has 0 N–H and O–H groups in total. The van der Waals surface area contributed by atoms with Crippen LogP contribution in [0, 0.1) is 6.92 Å². The van der Waals surface area contributed by atoms with E-state index in [9.17, 15) is 9.59 Å². The molecule has 1 fully saturated rings. The smallest absolute Gasteiger partial charge is 0.260 e. The molecular weight excluding hydrogens is 416 g/mol. The van der Waals surface area contributed by atoms with Gasteiger partial charge < -0.3 is 19.3 Å². The summed E-state index contributed by atoms with van der Waals surface area (Å²) < 4.78 is 11.3. The number of piperazine rings is 1. The molecule has 33 heavy (non-hydrogen) atoms. The Labute approximate surface area is 194 Å². The molecule has 170 valence electrons. The van der Waals surface area contributed by atoms with Gasteiger partial charge in [0.25, 0.3) is 11.8 Å². The fourth-order valence-electron chi connectivity index (χ4n) is 3.69. The van der Waals surface area contributed by atoms with Crippen molar-refractivity contribution < 1.29 is 19.1 Å². The molecule has 6 nitrogen and oxygen atoms in total. The number of rotatable bonds is 7. The Kier molecular flexibility index (Phi) is 7.25. The molecule has 0 radical (unpaired) electrons. The average Bonchev–Trinajstić information content (AvgIpc) is 2.87. The Morgan fingerprint density at radius 2 is 1.06 bits per heavy atom. The summed E-state index contributed by atoms with van der Waals surface area (Å²) in [6.45, 7) is 3.95. The third kappa shape index (κ3) is 6.13. The van der Waals surface area contributed by atoms with E-state index in [2.05, 4.69) is 12.1 Å². The van der Waals surface area contributed by atoms with Gasteiger partial charge >= 0.3 is 0 Å². The largest absolute Gasteiger partial charge is 0.484 e. The van der Waals surface area contributed by atoms with Crippen LogP contribution in [0.2, 0.25) is 0 Å². The number of ether oxygens (including phenoxy) is 2. The quantitative estimate of drug-likeness (QED) is 0.556. The Hall–Kier alpha value is -3.80. The number of aryl methyl sites for hydroxylation is 1. The molecule has 0 aliphatic carbocycles. The molecular formula is C27H28N2O4. The summed E-state index contributed by atoms with van der Waals surface area (Å²) in [4.78, 5) is 28.5. The second kappa shape index (κ2) is 10.7. The predicted octanol–water partition coefficient (Wildman–Crippen LogP) is 3.79. The number of benzene rings is 3. The van der Waals surface area contributed by atoms with Crippen LogP contribution in [0.15, 0.2) is 78.9 Å². The van der Waals surface area contributed by atoms with E-state index in [0.717, 1.165) is 16.7 Å². The SMILES string of the molecule is Cc1ccc(OCC(=O)N2CCN(C(=O)COc3ccc(-c4ccccc4)cc3)CC2)cc1. The number of carbonyl (C=O) groups is 2. The van der Waals surface area contributed by atoms with Gasteiger partial charge in [0.2, 0.25) is 0 Å². The molecule has 0 spiro atoms. The lowest BCUT2D eigenvalue weighted by molar-refractivity contribution is -0.141. The van der Waals surface area contributed by atoms with E-state index in [-0.39, 0.29) is 25.0 Å². The molecule has 1 aliphatic heterocycles. The molecule has 1 heterocycles. The van der Waals surface area contributed by atoms with Crippen LogP contribution in [0.3, 0.4) is 0 Å². The lowest BCUT2D eigenvalue weighted by atomic mass is 10.1. The van der Waals surface area contributed by atoms with Crippen LogP contribution in [0.5, 0.6) is 11.5 Å². The molecule has 1 saturated heterocycles.